The van der Waals surface area contributed by atoms with E-state index >= 15 is 0 Å². The van der Waals surface area contributed by atoms with Gasteiger partial charge < -0.3 is 4.90 Å². The minimum absolute atomic E-state index is 0.393. The first-order valence-electron chi connectivity index (χ1n) is 5.09. The topological polar surface area (TPSA) is 20.3 Å². The van der Waals surface area contributed by atoms with E-state index in [1.807, 2.05) is 0 Å². The van der Waals surface area contributed by atoms with Crippen molar-refractivity contribution < 1.29 is 4.79 Å². The Morgan fingerprint density at radius 1 is 1.42 bits per heavy atom. The Balaban J connectivity index is 1.73. The molecule has 12 heavy (non-hydrogen) atoms. The van der Waals surface area contributed by atoms with E-state index in [2.05, 4.69) is 11.8 Å². The summed E-state index contributed by atoms with van der Waals surface area (Å²) in [5.74, 6) is 2.16. The summed E-state index contributed by atoms with van der Waals surface area (Å²) in [5, 5.41) is 0. The average molecular weight is 167 g/mol. The fraction of sp³-hybridized carbons (Fsp3) is 0.900. The van der Waals surface area contributed by atoms with E-state index in [1.54, 1.807) is 0 Å². The second kappa shape index (κ2) is 3.08. The van der Waals surface area contributed by atoms with E-state index in [4.69, 9.17) is 0 Å². The summed E-state index contributed by atoms with van der Waals surface area (Å²) < 4.78 is 0. The summed E-state index contributed by atoms with van der Waals surface area (Å²) in [6.07, 6.45) is 4.35. The second-order valence-corrected chi connectivity index (χ2v) is 4.16. The summed E-state index contributed by atoms with van der Waals surface area (Å²) in [5.41, 5.74) is 0. The van der Waals surface area contributed by atoms with Gasteiger partial charge in [-0.1, -0.05) is 13.3 Å². The van der Waals surface area contributed by atoms with Crippen LogP contribution in [0.15, 0.2) is 0 Å². The molecule has 0 aromatic rings. The van der Waals surface area contributed by atoms with Crippen molar-refractivity contribution in [3.8, 4) is 0 Å². The van der Waals surface area contributed by atoms with Crippen LogP contribution in [-0.2, 0) is 4.79 Å². The molecule has 1 saturated carbocycles. The fourth-order valence-electron chi connectivity index (χ4n) is 2.09. The number of nitrogens with zero attached hydrogens (tertiary/aromatic N) is 1. The largest absolute Gasteiger partial charge is 0.342 e. The number of carbonyl (C=O) groups excluding carboxylic acids is 1. The van der Waals surface area contributed by atoms with Gasteiger partial charge in [-0.15, -0.1) is 0 Å². The van der Waals surface area contributed by atoms with Crippen LogP contribution < -0.4 is 0 Å². The van der Waals surface area contributed by atoms with Crippen molar-refractivity contribution in [2.45, 2.75) is 32.6 Å². The Hall–Kier alpha value is -0.530. The van der Waals surface area contributed by atoms with E-state index in [0.717, 1.165) is 44.2 Å². The predicted octanol–water partition coefficient (Wildman–Crippen LogP) is 1.65. The van der Waals surface area contributed by atoms with Gasteiger partial charge in [0.15, 0.2) is 0 Å². The normalized spacial score (nSPS) is 31.9. The monoisotopic (exact) mass is 167 g/mol. The highest BCUT2D eigenvalue weighted by atomic mass is 16.2. The van der Waals surface area contributed by atoms with Crippen LogP contribution in [0.5, 0.6) is 0 Å². The van der Waals surface area contributed by atoms with Gasteiger partial charge in [0.1, 0.15) is 0 Å². The van der Waals surface area contributed by atoms with Crippen molar-refractivity contribution >= 4 is 5.91 Å². The number of amides is 1. The smallest absolute Gasteiger partial charge is 0.222 e. The first kappa shape index (κ1) is 8.09. The maximum absolute atomic E-state index is 11.5. The van der Waals surface area contributed by atoms with Crippen LogP contribution in [0.3, 0.4) is 0 Å². The number of fused-ring (bicyclic) bond motifs is 1. The molecule has 2 aliphatic rings. The number of hydrogen-bond acceptors (Lipinski definition) is 1. The Morgan fingerprint density at radius 3 is 2.67 bits per heavy atom. The van der Waals surface area contributed by atoms with E-state index in [9.17, 15) is 4.79 Å². The van der Waals surface area contributed by atoms with Crippen LogP contribution in [0.1, 0.15) is 32.6 Å². The van der Waals surface area contributed by atoms with Crippen LogP contribution in [0.2, 0.25) is 0 Å². The van der Waals surface area contributed by atoms with Crippen LogP contribution in [0.4, 0.5) is 0 Å². The maximum Gasteiger partial charge on any atom is 0.222 e. The molecule has 0 spiro atoms. The molecule has 68 valence electrons. The lowest BCUT2D eigenvalue weighted by Crippen LogP contribution is -2.29. The summed E-state index contributed by atoms with van der Waals surface area (Å²) >= 11 is 0. The van der Waals surface area contributed by atoms with Gasteiger partial charge in [-0.2, -0.15) is 0 Å². The lowest BCUT2D eigenvalue weighted by molar-refractivity contribution is -0.130. The number of rotatable bonds is 3. The molecular weight excluding hydrogens is 150 g/mol. The minimum Gasteiger partial charge on any atom is -0.342 e. The Bertz CT molecular complexity index is 180. The van der Waals surface area contributed by atoms with Crippen molar-refractivity contribution in [3.63, 3.8) is 0 Å². The molecule has 1 aliphatic carbocycles. The highest BCUT2D eigenvalue weighted by Gasteiger charge is 2.46. The van der Waals surface area contributed by atoms with Crippen LogP contribution in [-0.4, -0.2) is 23.9 Å². The molecule has 1 saturated heterocycles. The standard InChI is InChI=1S/C10H17NO/c1-2-3-4-10(12)11-6-8-5-9(8)7-11/h8-9H,2-7H2,1H3. The van der Waals surface area contributed by atoms with E-state index in [-0.39, 0.29) is 0 Å². The zero-order valence-electron chi connectivity index (χ0n) is 7.75. The number of likely N-dealkylation sites (tertiary alicyclic amines) is 1. The maximum atomic E-state index is 11.5. The molecule has 0 radical (unpaired) electrons. The molecule has 0 bridgehead atoms. The van der Waals surface area contributed by atoms with E-state index in [1.165, 1.54) is 6.42 Å². The zero-order chi connectivity index (χ0) is 8.55. The van der Waals surface area contributed by atoms with Crippen molar-refractivity contribution in [1.82, 2.24) is 4.90 Å². The Morgan fingerprint density at radius 2 is 2.08 bits per heavy atom. The second-order valence-electron chi connectivity index (χ2n) is 4.16. The van der Waals surface area contributed by atoms with Crippen molar-refractivity contribution in [2.75, 3.05) is 13.1 Å². The summed E-state index contributed by atoms with van der Waals surface area (Å²) in [6.45, 7) is 4.26. The number of piperidine rings is 1. The molecule has 2 nitrogen and oxygen atoms in total. The van der Waals surface area contributed by atoms with Crippen LogP contribution in [0, 0.1) is 11.8 Å². The molecule has 0 N–H and O–H groups in total. The van der Waals surface area contributed by atoms with Crippen molar-refractivity contribution in [3.05, 3.63) is 0 Å². The predicted molar refractivity (Wildman–Crippen MR) is 47.7 cm³/mol. The van der Waals surface area contributed by atoms with Gasteiger partial charge in [0.05, 0.1) is 0 Å². The summed E-state index contributed by atoms with van der Waals surface area (Å²) in [6, 6.07) is 0. The lowest BCUT2D eigenvalue weighted by Gasteiger charge is -2.17. The van der Waals surface area contributed by atoms with Gasteiger partial charge in [0.2, 0.25) is 5.91 Å². The van der Waals surface area contributed by atoms with Gasteiger partial charge in [-0.25, -0.2) is 0 Å². The third-order valence-corrected chi connectivity index (χ3v) is 3.08. The molecular formula is C10H17NO. The minimum atomic E-state index is 0.393. The number of carbonyl (C=O) groups is 1. The van der Waals surface area contributed by atoms with Crippen LogP contribution >= 0.6 is 0 Å². The first-order chi connectivity index (χ1) is 5.81. The zero-order valence-corrected chi connectivity index (χ0v) is 7.75. The fourth-order valence-corrected chi connectivity index (χ4v) is 2.09. The van der Waals surface area contributed by atoms with Crippen LogP contribution in [0.25, 0.3) is 0 Å². The van der Waals surface area contributed by atoms with E-state index in [0.29, 0.717) is 5.91 Å². The van der Waals surface area contributed by atoms with Gasteiger partial charge in [0.25, 0.3) is 0 Å². The molecule has 2 unspecified atom stereocenters. The van der Waals surface area contributed by atoms with Crippen molar-refractivity contribution in [2.24, 2.45) is 11.8 Å². The summed E-state index contributed by atoms with van der Waals surface area (Å²) in [4.78, 5) is 13.6. The number of unbranched alkanes of at least 4 members (excludes halogenated alkanes) is 1. The van der Waals surface area contributed by atoms with Gasteiger partial charge in [-0.3, -0.25) is 4.79 Å². The molecule has 2 atom stereocenters. The third kappa shape index (κ3) is 1.47. The number of hydrogen-bond donors (Lipinski definition) is 0. The molecule has 1 amide bonds. The molecule has 1 heterocycles. The lowest BCUT2D eigenvalue weighted by atomic mass is 10.2. The highest BCUT2D eigenvalue weighted by Crippen LogP contribution is 2.44. The third-order valence-electron chi connectivity index (χ3n) is 3.08. The highest BCUT2D eigenvalue weighted by molar-refractivity contribution is 5.76. The molecule has 0 aromatic heterocycles. The summed E-state index contributed by atoms with van der Waals surface area (Å²) in [7, 11) is 0. The van der Waals surface area contributed by atoms with Gasteiger partial charge in [0, 0.05) is 19.5 Å². The Kier molecular flexibility index (Phi) is 2.07. The SMILES string of the molecule is CCCCC(=O)N1CC2CC2C1. The van der Waals surface area contributed by atoms with E-state index < -0.39 is 0 Å². The quantitative estimate of drug-likeness (QED) is 0.626. The Labute approximate surface area is 73.9 Å². The molecule has 2 rings (SSSR count). The van der Waals surface area contributed by atoms with Gasteiger partial charge in [-0.05, 0) is 24.7 Å². The van der Waals surface area contributed by atoms with Gasteiger partial charge >= 0.3 is 0 Å². The molecule has 1 aliphatic heterocycles. The molecule has 2 fully saturated rings. The molecule has 2 heteroatoms. The average Bonchev–Trinajstić information content (AvgIpc) is 2.69. The molecule has 0 aromatic carbocycles. The van der Waals surface area contributed by atoms with Crippen molar-refractivity contribution in [1.29, 1.82) is 0 Å². The first-order valence-corrected chi connectivity index (χ1v) is 5.09.